The normalized spacial score (nSPS) is 12.9. The Bertz CT molecular complexity index is 609. The Morgan fingerprint density at radius 3 is 2.04 bits per heavy atom. The summed E-state index contributed by atoms with van der Waals surface area (Å²) in [5.41, 5.74) is 0. The molecule has 0 aromatic carbocycles. The lowest BCUT2D eigenvalue weighted by Gasteiger charge is -2.39. The monoisotopic (exact) mass is 399 g/mol. The fourth-order valence-electron chi connectivity index (χ4n) is 3.14. The average molecular weight is 400 g/mol. The van der Waals surface area contributed by atoms with Crippen molar-refractivity contribution in [3.8, 4) is 12.1 Å². The second kappa shape index (κ2) is 13.4. The predicted octanol–water partition coefficient (Wildman–Crippen LogP) is 0.943. The lowest BCUT2D eigenvalue weighted by molar-refractivity contribution is -0.920. The van der Waals surface area contributed by atoms with E-state index in [4.69, 9.17) is 15.1 Å². The number of aliphatic hydroxyl groups is 1. The van der Waals surface area contributed by atoms with E-state index in [2.05, 4.69) is 25.3 Å². The Hall–Kier alpha value is -1.75. The number of quaternary nitrogens is 1. The Morgan fingerprint density at radius 1 is 1.11 bits per heavy atom. The van der Waals surface area contributed by atoms with Gasteiger partial charge in [-0.3, -0.25) is 9.45 Å². The van der Waals surface area contributed by atoms with Gasteiger partial charge in [0.2, 0.25) is 0 Å². The SMILES string of the molecule is C=CC[N+](CC=C)(CCCS(=O)(=O)O)CC(O)CN(CCC#N)CCC#N. The molecule has 0 aromatic heterocycles. The summed E-state index contributed by atoms with van der Waals surface area (Å²) in [5.74, 6) is -0.339. The highest BCUT2D eigenvalue weighted by molar-refractivity contribution is 7.85. The molecule has 0 bridgehead atoms. The van der Waals surface area contributed by atoms with E-state index in [1.807, 2.05) is 4.90 Å². The van der Waals surface area contributed by atoms with Crippen LogP contribution < -0.4 is 0 Å². The van der Waals surface area contributed by atoms with Crippen LogP contribution in [0.1, 0.15) is 19.3 Å². The Kier molecular flexibility index (Phi) is 12.6. The van der Waals surface area contributed by atoms with Crippen LogP contribution in [0.15, 0.2) is 25.3 Å². The lowest BCUT2D eigenvalue weighted by atomic mass is 10.2. The standard InChI is InChI=1S/C18H30N4O4S/c1-3-12-22(13-4-2,14-7-15-27(24,25)26)17-18(23)16-21(10-5-8-19)11-6-9-20/h3-4,18,23H,1-2,5-7,10-17H2/p+1. The number of rotatable bonds is 16. The lowest BCUT2D eigenvalue weighted by Crippen LogP contribution is -2.55. The summed E-state index contributed by atoms with van der Waals surface area (Å²) in [5, 5.41) is 28.1. The van der Waals surface area contributed by atoms with Crippen molar-refractivity contribution in [2.75, 3.05) is 51.6 Å². The van der Waals surface area contributed by atoms with E-state index in [0.717, 1.165) is 0 Å². The Morgan fingerprint density at radius 2 is 1.63 bits per heavy atom. The summed E-state index contributed by atoms with van der Waals surface area (Å²) >= 11 is 0. The van der Waals surface area contributed by atoms with Crippen molar-refractivity contribution in [3.05, 3.63) is 25.3 Å². The number of hydrogen-bond acceptors (Lipinski definition) is 6. The second-order valence-corrected chi connectivity index (χ2v) is 8.17. The molecule has 0 aliphatic carbocycles. The van der Waals surface area contributed by atoms with Crippen molar-refractivity contribution in [2.24, 2.45) is 0 Å². The van der Waals surface area contributed by atoms with Crippen molar-refractivity contribution in [1.82, 2.24) is 4.90 Å². The molecule has 0 saturated heterocycles. The smallest absolute Gasteiger partial charge is 0.265 e. The van der Waals surface area contributed by atoms with Crippen molar-refractivity contribution < 1.29 is 22.6 Å². The molecule has 0 amide bonds. The van der Waals surface area contributed by atoms with E-state index in [0.29, 0.717) is 63.1 Å². The summed E-state index contributed by atoms with van der Waals surface area (Å²) in [6.45, 7) is 10.6. The van der Waals surface area contributed by atoms with Crippen LogP contribution in [0.25, 0.3) is 0 Å². The first kappa shape index (κ1) is 25.2. The zero-order chi connectivity index (χ0) is 20.8. The molecule has 0 fully saturated rings. The summed E-state index contributed by atoms with van der Waals surface area (Å²) < 4.78 is 31.3. The molecule has 0 aliphatic heterocycles. The first-order chi connectivity index (χ1) is 12.7. The third kappa shape index (κ3) is 12.3. The van der Waals surface area contributed by atoms with Gasteiger partial charge in [-0.2, -0.15) is 18.9 Å². The molecule has 8 nitrogen and oxygen atoms in total. The van der Waals surface area contributed by atoms with Gasteiger partial charge in [0.1, 0.15) is 12.6 Å². The van der Waals surface area contributed by atoms with Crippen LogP contribution in [0.3, 0.4) is 0 Å². The second-order valence-electron chi connectivity index (χ2n) is 6.60. The third-order valence-corrected chi connectivity index (χ3v) is 5.02. The molecule has 0 aliphatic rings. The van der Waals surface area contributed by atoms with Gasteiger partial charge < -0.3 is 9.59 Å². The zero-order valence-corrected chi connectivity index (χ0v) is 16.6. The fourth-order valence-corrected chi connectivity index (χ4v) is 3.63. The summed E-state index contributed by atoms with van der Waals surface area (Å²) in [4.78, 5) is 1.88. The zero-order valence-electron chi connectivity index (χ0n) is 15.8. The quantitative estimate of drug-likeness (QED) is 0.225. The molecule has 1 unspecified atom stereocenters. The molecule has 9 heteroatoms. The Labute approximate surface area is 163 Å². The van der Waals surface area contributed by atoms with E-state index >= 15 is 0 Å². The van der Waals surface area contributed by atoms with E-state index < -0.39 is 16.2 Å². The molecule has 0 aromatic rings. The fraction of sp³-hybridized carbons (Fsp3) is 0.667. The highest BCUT2D eigenvalue weighted by Crippen LogP contribution is 2.13. The van der Waals surface area contributed by atoms with E-state index in [9.17, 15) is 13.5 Å². The molecule has 152 valence electrons. The largest absolute Gasteiger partial charge is 0.386 e. The molecular formula is C18H31N4O4S+. The van der Waals surface area contributed by atoms with Crippen molar-refractivity contribution in [3.63, 3.8) is 0 Å². The van der Waals surface area contributed by atoms with Gasteiger partial charge in [0.25, 0.3) is 10.1 Å². The van der Waals surface area contributed by atoms with Crippen LogP contribution >= 0.6 is 0 Å². The molecule has 0 saturated carbocycles. The number of nitrogens with zero attached hydrogens (tertiary/aromatic N) is 4. The molecule has 2 N–H and O–H groups in total. The van der Waals surface area contributed by atoms with Crippen LogP contribution in [0.4, 0.5) is 0 Å². The first-order valence-corrected chi connectivity index (χ1v) is 10.5. The number of hydrogen-bond donors (Lipinski definition) is 2. The maximum Gasteiger partial charge on any atom is 0.265 e. The van der Waals surface area contributed by atoms with Crippen molar-refractivity contribution >= 4 is 10.1 Å². The first-order valence-electron chi connectivity index (χ1n) is 8.88. The average Bonchev–Trinajstić information content (AvgIpc) is 2.56. The molecule has 0 heterocycles. The van der Waals surface area contributed by atoms with Crippen LogP contribution in [-0.2, 0) is 10.1 Å². The molecule has 0 spiro atoms. The highest BCUT2D eigenvalue weighted by atomic mass is 32.2. The van der Waals surface area contributed by atoms with Gasteiger partial charge in [0, 0.05) is 38.9 Å². The van der Waals surface area contributed by atoms with Gasteiger partial charge in [0.05, 0.1) is 37.5 Å². The van der Waals surface area contributed by atoms with E-state index in [1.54, 1.807) is 12.2 Å². The van der Waals surface area contributed by atoms with Gasteiger partial charge >= 0.3 is 0 Å². The minimum Gasteiger partial charge on any atom is -0.386 e. The molecule has 0 rings (SSSR count). The predicted molar refractivity (Wildman–Crippen MR) is 104 cm³/mol. The van der Waals surface area contributed by atoms with Crippen LogP contribution in [0.5, 0.6) is 0 Å². The van der Waals surface area contributed by atoms with Gasteiger partial charge in [-0.1, -0.05) is 13.2 Å². The van der Waals surface area contributed by atoms with Gasteiger partial charge in [0.15, 0.2) is 0 Å². The molecule has 1 atom stereocenters. The van der Waals surface area contributed by atoms with Gasteiger partial charge in [-0.05, 0) is 12.2 Å². The minimum atomic E-state index is -4.04. The van der Waals surface area contributed by atoms with Crippen LogP contribution in [0, 0.1) is 22.7 Å². The molecule has 27 heavy (non-hydrogen) atoms. The van der Waals surface area contributed by atoms with E-state index in [1.165, 1.54) is 0 Å². The van der Waals surface area contributed by atoms with Crippen LogP contribution in [-0.4, -0.2) is 85.1 Å². The topological polar surface area (TPSA) is 125 Å². The minimum absolute atomic E-state index is 0.250. The Balaban J connectivity index is 5.08. The molecule has 0 radical (unpaired) electrons. The highest BCUT2D eigenvalue weighted by Gasteiger charge is 2.29. The summed E-state index contributed by atoms with van der Waals surface area (Å²) in [6.07, 6.45) is 3.57. The third-order valence-electron chi connectivity index (χ3n) is 4.21. The van der Waals surface area contributed by atoms with Gasteiger partial charge in [-0.15, -0.1) is 0 Å². The number of aliphatic hydroxyl groups excluding tert-OH is 1. The van der Waals surface area contributed by atoms with Crippen molar-refractivity contribution in [1.29, 1.82) is 10.5 Å². The molecular weight excluding hydrogens is 368 g/mol. The van der Waals surface area contributed by atoms with Gasteiger partial charge in [-0.25, -0.2) is 0 Å². The summed E-state index contributed by atoms with van der Waals surface area (Å²) in [6, 6.07) is 4.12. The van der Waals surface area contributed by atoms with Crippen LogP contribution in [0.2, 0.25) is 0 Å². The van der Waals surface area contributed by atoms with E-state index in [-0.39, 0.29) is 12.2 Å². The summed E-state index contributed by atoms with van der Waals surface area (Å²) in [7, 11) is -4.04. The maximum absolute atomic E-state index is 11.0. The maximum atomic E-state index is 11.0. The number of nitriles is 2. The van der Waals surface area contributed by atoms with Crippen molar-refractivity contribution in [2.45, 2.75) is 25.4 Å².